The van der Waals surface area contributed by atoms with E-state index >= 15 is 0 Å². The van der Waals surface area contributed by atoms with E-state index in [0.29, 0.717) is 6.42 Å². The molecule has 5 heteroatoms. The number of nitrogens with zero attached hydrogens (tertiary/aromatic N) is 2. The van der Waals surface area contributed by atoms with Gasteiger partial charge in [-0.3, -0.25) is 9.48 Å². The smallest absolute Gasteiger partial charge is 0.307 e. The highest BCUT2D eigenvalue weighted by Gasteiger charge is 2.27. The molecule has 1 N–H and O–H groups in total. The first-order valence-corrected chi connectivity index (χ1v) is 6.63. The molecule has 0 bridgehead atoms. The average molecular weight is 267 g/mol. The first-order chi connectivity index (χ1) is 8.79. The molecule has 19 heavy (non-hydrogen) atoms. The van der Waals surface area contributed by atoms with E-state index in [4.69, 9.17) is 4.74 Å². The minimum atomic E-state index is -0.213. The van der Waals surface area contributed by atoms with Crippen LogP contribution >= 0.6 is 0 Å². The molecule has 0 aromatic carbocycles. The van der Waals surface area contributed by atoms with Crippen molar-refractivity contribution in [2.45, 2.75) is 45.6 Å². The summed E-state index contributed by atoms with van der Waals surface area (Å²) in [6, 6.07) is -0.0552. The van der Waals surface area contributed by atoms with Crippen molar-refractivity contribution in [2.24, 2.45) is 7.05 Å². The standard InChI is InChI=1S/C14H25N3O2/c1-7-15-11(8-12(18)19-6)10-9-17(5)16-13(10)14(2,3)4/h9,11,15H,7-8H2,1-6H3. The Hall–Kier alpha value is -1.36. The van der Waals surface area contributed by atoms with Crippen molar-refractivity contribution in [3.05, 3.63) is 17.5 Å². The van der Waals surface area contributed by atoms with Crippen LogP contribution in [0.5, 0.6) is 0 Å². The molecule has 0 amide bonds. The summed E-state index contributed by atoms with van der Waals surface area (Å²) >= 11 is 0. The van der Waals surface area contributed by atoms with Crippen LogP contribution in [0.1, 0.15) is 51.4 Å². The number of nitrogens with one attached hydrogen (secondary N) is 1. The molecule has 0 aliphatic heterocycles. The van der Waals surface area contributed by atoms with Crippen molar-refractivity contribution in [1.29, 1.82) is 0 Å². The van der Waals surface area contributed by atoms with Gasteiger partial charge in [0.1, 0.15) is 0 Å². The molecule has 1 atom stereocenters. The summed E-state index contributed by atoms with van der Waals surface area (Å²) in [6.07, 6.45) is 2.30. The van der Waals surface area contributed by atoms with E-state index in [1.54, 1.807) is 4.68 Å². The van der Waals surface area contributed by atoms with Crippen LogP contribution in [0.4, 0.5) is 0 Å². The summed E-state index contributed by atoms with van der Waals surface area (Å²) in [5, 5.41) is 7.88. The number of ether oxygens (including phenoxy) is 1. The lowest BCUT2D eigenvalue weighted by molar-refractivity contribution is -0.141. The van der Waals surface area contributed by atoms with Crippen LogP contribution in [0.2, 0.25) is 0 Å². The van der Waals surface area contributed by atoms with Gasteiger partial charge in [-0.05, 0) is 6.54 Å². The van der Waals surface area contributed by atoms with Crippen molar-refractivity contribution in [1.82, 2.24) is 15.1 Å². The van der Waals surface area contributed by atoms with Crippen LogP contribution in [0, 0.1) is 0 Å². The lowest BCUT2D eigenvalue weighted by atomic mass is 9.87. The van der Waals surface area contributed by atoms with E-state index in [1.165, 1.54) is 7.11 Å². The Morgan fingerprint density at radius 3 is 2.63 bits per heavy atom. The number of aryl methyl sites for hydroxylation is 1. The Labute approximate surface area is 115 Å². The van der Waals surface area contributed by atoms with Crippen LogP contribution in [-0.4, -0.2) is 29.4 Å². The van der Waals surface area contributed by atoms with E-state index < -0.39 is 0 Å². The minimum Gasteiger partial charge on any atom is -0.469 e. The molecule has 1 heterocycles. The maximum atomic E-state index is 11.5. The molecule has 108 valence electrons. The maximum absolute atomic E-state index is 11.5. The van der Waals surface area contributed by atoms with Gasteiger partial charge in [-0.25, -0.2) is 0 Å². The number of aromatic nitrogens is 2. The summed E-state index contributed by atoms with van der Waals surface area (Å²) < 4.78 is 6.58. The number of carbonyl (C=O) groups excluding carboxylic acids is 1. The minimum absolute atomic E-state index is 0.0552. The van der Waals surface area contributed by atoms with Gasteiger partial charge in [0.25, 0.3) is 0 Å². The Balaban J connectivity index is 3.11. The first kappa shape index (κ1) is 15.7. The lowest BCUT2D eigenvalue weighted by Gasteiger charge is -2.22. The predicted octanol–water partition coefficient (Wildman–Crippen LogP) is 1.93. The van der Waals surface area contributed by atoms with Crippen LogP contribution in [0.15, 0.2) is 6.20 Å². The Morgan fingerprint density at radius 2 is 2.16 bits per heavy atom. The van der Waals surface area contributed by atoms with Crippen LogP contribution in [0.3, 0.4) is 0 Å². The quantitative estimate of drug-likeness (QED) is 0.828. The van der Waals surface area contributed by atoms with Gasteiger partial charge in [0.05, 0.1) is 19.2 Å². The fraction of sp³-hybridized carbons (Fsp3) is 0.714. The summed E-state index contributed by atoms with van der Waals surface area (Å²) in [4.78, 5) is 11.5. The van der Waals surface area contributed by atoms with E-state index in [1.807, 2.05) is 20.2 Å². The molecule has 0 aliphatic rings. The van der Waals surface area contributed by atoms with Gasteiger partial charge in [0.15, 0.2) is 0 Å². The van der Waals surface area contributed by atoms with Crippen molar-refractivity contribution in [2.75, 3.05) is 13.7 Å². The molecule has 1 unspecified atom stereocenters. The molecule has 1 aromatic heterocycles. The van der Waals surface area contributed by atoms with Gasteiger partial charge in [0.2, 0.25) is 0 Å². The number of hydrogen-bond acceptors (Lipinski definition) is 4. The highest BCUT2D eigenvalue weighted by Crippen LogP contribution is 2.29. The lowest BCUT2D eigenvalue weighted by Crippen LogP contribution is -2.27. The molecule has 0 aliphatic carbocycles. The highest BCUT2D eigenvalue weighted by atomic mass is 16.5. The number of hydrogen-bond donors (Lipinski definition) is 1. The topological polar surface area (TPSA) is 56.1 Å². The van der Waals surface area contributed by atoms with Crippen LogP contribution in [0.25, 0.3) is 0 Å². The molecular formula is C14H25N3O2. The highest BCUT2D eigenvalue weighted by molar-refractivity contribution is 5.70. The van der Waals surface area contributed by atoms with E-state index in [0.717, 1.165) is 17.8 Å². The molecular weight excluding hydrogens is 242 g/mol. The zero-order chi connectivity index (χ0) is 14.6. The fourth-order valence-corrected chi connectivity index (χ4v) is 2.13. The first-order valence-electron chi connectivity index (χ1n) is 6.63. The largest absolute Gasteiger partial charge is 0.469 e. The average Bonchev–Trinajstić information content (AvgIpc) is 2.70. The van der Waals surface area contributed by atoms with E-state index in [-0.39, 0.29) is 17.4 Å². The van der Waals surface area contributed by atoms with Gasteiger partial charge < -0.3 is 10.1 Å². The Bertz CT molecular complexity index is 432. The summed E-state index contributed by atoms with van der Waals surface area (Å²) in [5.74, 6) is -0.213. The number of esters is 1. The zero-order valence-electron chi connectivity index (χ0n) is 12.8. The Kier molecular flexibility index (Phi) is 5.11. The number of rotatable bonds is 5. The normalized spacial score (nSPS) is 13.4. The van der Waals surface area contributed by atoms with Crippen LogP contribution < -0.4 is 5.32 Å². The van der Waals surface area contributed by atoms with Gasteiger partial charge in [-0.2, -0.15) is 5.10 Å². The van der Waals surface area contributed by atoms with E-state index in [2.05, 4.69) is 31.2 Å². The van der Waals surface area contributed by atoms with Gasteiger partial charge in [-0.1, -0.05) is 27.7 Å². The third kappa shape index (κ3) is 4.06. The number of carbonyl (C=O) groups is 1. The maximum Gasteiger partial charge on any atom is 0.307 e. The molecule has 0 saturated carbocycles. The second-order valence-corrected chi connectivity index (χ2v) is 5.75. The summed E-state index contributed by atoms with van der Waals surface area (Å²) in [5.41, 5.74) is 2.03. The van der Waals surface area contributed by atoms with Crippen molar-refractivity contribution < 1.29 is 9.53 Å². The fourth-order valence-electron chi connectivity index (χ4n) is 2.13. The molecule has 1 rings (SSSR count). The summed E-state index contributed by atoms with van der Waals surface area (Å²) in [7, 11) is 3.32. The number of methoxy groups -OCH3 is 1. The monoisotopic (exact) mass is 267 g/mol. The zero-order valence-corrected chi connectivity index (χ0v) is 12.8. The van der Waals surface area contributed by atoms with Crippen molar-refractivity contribution in [3.8, 4) is 0 Å². The second kappa shape index (κ2) is 6.19. The third-order valence-electron chi connectivity index (χ3n) is 2.99. The molecule has 1 aromatic rings. The van der Waals surface area contributed by atoms with Crippen molar-refractivity contribution >= 4 is 5.97 Å². The van der Waals surface area contributed by atoms with Gasteiger partial charge in [-0.15, -0.1) is 0 Å². The van der Waals surface area contributed by atoms with Gasteiger partial charge >= 0.3 is 5.97 Å². The van der Waals surface area contributed by atoms with E-state index in [9.17, 15) is 4.79 Å². The molecule has 0 fully saturated rings. The SMILES string of the molecule is CCNC(CC(=O)OC)c1cn(C)nc1C(C)(C)C. The van der Waals surface area contributed by atoms with Crippen LogP contribution in [-0.2, 0) is 22.0 Å². The third-order valence-corrected chi connectivity index (χ3v) is 2.99. The molecule has 0 spiro atoms. The van der Waals surface area contributed by atoms with Gasteiger partial charge in [0, 0.05) is 30.3 Å². The molecule has 0 radical (unpaired) electrons. The Morgan fingerprint density at radius 1 is 1.53 bits per heavy atom. The molecule has 5 nitrogen and oxygen atoms in total. The predicted molar refractivity (Wildman–Crippen MR) is 75.0 cm³/mol. The molecule has 0 saturated heterocycles. The summed E-state index contributed by atoms with van der Waals surface area (Å²) in [6.45, 7) is 9.19. The second-order valence-electron chi connectivity index (χ2n) is 5.75. The van der Waals surface area contributed by atoms with Crippen molar-refractivity contribution in [3.63, 3.8) is 0 Å².